The molecule has 0 atom stereocenters. The molecule has 1 amide bonds. The molecule has 1 rings (SSSR count). The molecule has 110 valence electrons. The Morgan fingerprint density at radius 1 is 1.20 bits per heavy atom. The number of amides is 1. The smallest absolute Gasteiger partial charge is 0.305 e. The van der Waals surface area contributed by atoms with Crippen LogP contribution in [0.3, 0.4) is 0 Å². The van der Waals surface area contributed by atoms with Crippen LogP contribution in [0.5, 0.6) is 5.75 Å². The third-order valence-corrected chi connectivity index (χ3v) is 2.77. The highest BCUT2D eigenvalue weighted by Gasteiger charge is 2.26. The maximum atomic E-state index is 12.2. The fourth-order valence-electron chi connectivity index (χ4n) is 1.78. The number of ether oxygens (including phenoxy) is 1. The molecule has 0 radical (unpaired) electrons. The minimum atomic E-state index is -0.920. The Labute approximate surface area is 119 Å². The Kier molecular flexibility index (Phi) is 5.55. The van der Waals surface area contributed by atoms with E-state index in [0.717, 1.165) is 0 Å². The van der Waals surface area contributed by atoms with E-state index in [1.807, 2.05) is 39.0 Å². The van der Waals surface area contributed by atoms with Gasteiger partial charge in [0.2, 0.25) is 0 Å². The molecule has 0 aliphatic rings. The highest BCUT2D eigenvalue weighted by molar-refractivity contribution is 5.79. The van der Waals surface area contributed by atoms with Gasteiger partial charge in [-0.05, 0) is 32.9 Å². The lowest BCUT2D eigenvalue weighted by Gasteiger charge is -2.35. The lowest BCUT2D eigenvalue weighted by atomic mass is 10.1. The fourth-order valence-corrected chi connectivity index (χ4v) is 1.78. The normalized spacial score (nSPS) is 10.9. The van der Waals surface area contributed by atoms with Crippen molar-refractivity contribution in [3.05, 3.63) is 30.3 Å². The largest absolute Gasteiger partial charge is 0.484 e. The zero-order valence-corrected chi connectivity index (χ0v) is 12.1. The maximum absolute atomic E-state index is 12.2. The van der Waals surface area contributed by atoms with Crippen molar-refractivity contribution in [1.82, 2.24) is 4.90 Å². The van der Waals surface area contributed by atoms with Crippen molar-refractivity contribution in [2.75, 3.05) is 13.2 Å². The summed E-state index contributed by atoms with van der Waals surface area (Å²) in [6.45, 7) is 5.69. The lowest BCUT2D eigenvalue weighted by molar-refractivity contribution is -0.141. The Balaban J connectivity index is 2.61. The summed E-state index contributed by atoms with van der Waals surface area (Å²) in [6, 6.07) is 9.05. The first-order chi connectivity index (χ1) is 9.30. The van der Waals surface area contributed by atoms with E-state index in [9.17, 15) is 9.59 Å². The van der Waals surface area contributed by atoms with E-state index in [0.29, 0.717) is 5.75 Å². The van der Waals surface area contributed by atoms with Gasteiger partial charge in [0.25, 0.3) is 5.91 Å². The van der Waals surface area contributed by atoms with Crippen LogP contribution < -0.4 is 4.74 Å². The topological polar surface area (TPSA) is 66.8 Å². The van der Waals surface area contributed by atoms with Crippen LogP contribution in [-0.2, 0) is 9.59 Å². The summed E-state index contributed by atoms with van der Waals surface area (Å²) in [6.07, 6.45) is -0.0751. The van der Waals surface area contributed by atoms with Gasteiger partial charge in [0, 0.05) is 12.1 Å². The molecule has 1 aromatic rings. The second-order valence-electron chi connectivity index (χ2n) is 5.46. The first-order valence-electron chi connectivity index (χ1n) is 6.51. The summed E-state index contributed by atoms with van der Waals surface area (Å²) in [7, 11) is 0. The molecule has 0 saturated carbocycles. The van der Waals surface area contributed by atoms with E-state index in [2.05, 4.69) is 0 Å². The summed E-state index contributed by atoms with van der Waals surface area (Å²) in [4.78, 5) is 24.4. The van der Waals surface area contributed by atoms with Crippen LogP contribution in [0.2, 0.25) is 0 Å². The van der Waals surface area contributed by atoms with Crippen LogP contribution in [0.15, 0.2) is 30.3 Å². The van der Waals surface area contributed by atoms with E-state index in [4.69, 9.17) is 9.84 Å². The predicted octanol–water partition coefficient (Wildman–Crippen LogP) is 2.17. The molecule has 0 spiro atoms. The SMILES string of the molecule is CC(C)(C)N(CCC(=O)O)C(=O)COc1ccccc1. The van der Waals surface area contributed by atoms with Gasteiger partial charge in [-0.25, -0.2) is 0 Å². The van der Waals surface area contributed by atoms with Gasteiger partial charge in [0.05, 0.1) is 6.42 Å². The summed E-state index contributed by atoms with van der Waals surface area (Å²) >= 11 is 0. The highest BCUT2D eigenvalue weighted by Crippen LogP contribution is 2.15. The fraction of sp³-hybridized carbons (Fsp3) is 0.467. The van der Waals surface area contributed by atoms with Gasteiger partial charge in [-0.1, -0.05) is 18.2 Å². The summed E-state index contributed by atoms with van der Waals surface area (Å²) in [5.41, 5.74) is -0.438. The van der Waals surface area contributed by atoms with Gasteiger partial charge < -0.3 is 14.7 Å². The van der Waals surface area contributed by atoms with E-state index < -0.39 is 11.5 Å². The highest BCUT2D eigenvalue weighted by atomic mass is 16.5. The molecule has 1 N–H and O–H groups in total. The number of carbonyl (C=O) groups excluding carboxylic acids is 1. The molecular formula is C15H21NO4. The standard InChI is InChI=1S/C15H21NO4/c1-15(2,3)16(10-9-14(18)19)13(17)11-20-12-7-5-4-6-8-12/h4-8H,9-11H2,1-3H3,(H,18,19). The first kappa shape index (κ1) is 16.0. The third kappa shape index (κ3) is 5.30. The van der Waals surface area contributed by atoms with Crippen LogP contribution in [0.1, 0.15) is 27.2 Å². The van der Waals surface area contributed by atoms with Crippen molar-refractivity contribution in [1.29, 1.82) is 0 Å². The number of aliphatic carboxylic acids is 1. The molecule has 20 heavy (non-hydrogen) atoms. The van der Waals surface area contributed by atoms with Crippen LogP contribution in [0, 0.1) is 0 Å². The number of hydrogen-bond acceptors (Lipinski definition) is 3. The van der Waals surface area contributed by atoms with E-state index in [-0.39, 0.29) is 25.5 Å². The molecule has 1 aromatic carbocycles. The van der Waals surface area contributed by atoms with Crippen molar-refractivity contribution < 1.29 is 19.4 Å². The number of nitrogens with zero attached hydrogens (tertiary/aromatic N) is 1. The Bertz CT molecular complexity index is 451. The molecule has 0 heterocycles. The van der Waals surface area contributed by atoms with Crippen LogP contribution in [0.4, 0.5) is 0 Å². The molecule has 0 unspecified atom stereocenters. The monoisotopic (exact) mass is 279 g/mol. The zero-order chi connectivity index (χ0) is 15.2. The number of para-hydroxylation sites is 1. The quantitative estimate of drug-likeness (QED) is 0.866. The molecule has 0 bridgehead atoms. The molecular weight excluding hydrogens is 258 g/mol. The van der Waals surface area contributed by atoms with Gasteiger partial charge in [0.1, 0.15) is 5.75 Å². The number of carboxylic acids is 1. The minimum Gasteiger partial charge on any atom is -0.484 e. The van der Waals surface area contributed by atoms with Gasteiger partial charge in [-0.3, -0.25) is 9.59 Å². The molecule has 0 aliphatic carbocycles. The molecule has 0 saturated heterocycles. The van der Waals surface area contributed by atoms with Crippen LogP contribution in [-0.4, -0.2) is 40.6 Å². The van der Waals surface area contributed by atoms with Gasteiger partial charge in [0.15, 0.2) is 6.61 Å². The number of rotatable bonds is 6. The summed E-state index contributed by atoms with van der Waals surface area (Å²) in [5, 5.41) is 8.75. The minimum absolute atomic E-state index is 0.0751. The van der Waals surface area contributed by atoms with Crippen LogP contribution in [0.25, 0.3) is 0 Å². The van der Waals surface area contributed by atoms with Gasteiger partial charge in [-0.2, -0.15) is 0 Å². The average molecular weight is 279 g/mol. The second kappa shape index (κ2) is 6.93. The number of carbonyl (C=O) groups is 2. The molecule has 0 fully saturated rings. The zero-order valence-electron chi connectivity index (χ0n) is 12.1. The van der Waals surface area contributed by atoms with Gasteiger partial charge >= 0.3 is 5.97 Å². The Hall–Kier alpha value is -2.04. The van der Waals surface area contributed by atoms with Crippen molar-refractivity contribution >= 4 is 11.9 Å². The van der Waals surface area contributed by atoms with E-state index in [1.165, 1.54) is 4.90 Å². The second-order valence-corrected chi connectivity index (χ2v) is 5.46. The van der Waals surface area contributed by atoms with Gasteiger partial charge in [-0.15, -0.1) is 0 Å². The van der Waals surface area contributed by atoms with E-state index in [1.54, 1.807) is 12.1 Å². The average Bonchev–Trinajstić information content (AvgIpc) is 2.35. The number of benzene rings is 1. The Morgan fingerprint density at radius 3 is 2.30 bits per heavy atom. The van der Waals surface area contributed by atoms with Crippen LogP contribution >= 0.6 is 0 Å². The molecule has 5 heteroatoms. The number of hydrogen-bond donors (Lipinski definition) is 1. The predicted molar refractivity (Wildman–Crippen MR) is 75.7 cm³/mol. The van der Waals surface area contributed by atoms with E-state index >= 15 is 0 Å². The number of carboxylic acid groups (broad SMARTS) is 1. The van der Waals surface area contributed by atoms with Crippen molar-refractivity contribution in [3.8, 4) is 5.75 Å². The molecule has 0 aliphatic heterocycles. The maximum Gasteiger partial charge on any atom is 0.305 e. The third-order valence-electron chi connectivity index (χ3n) is 2.77. The molecule has 0 aromatic heterocycles. The first-order valence-corrected chi connectivity index (χ1v) is 6.51. The Morgan fingerprint density at radius 2 is 1.80 bits per heavy atom. The van der Waals surface area contributed by atoms with Crippen molar-refractivity contribution in [2.24, 2.45) is 0 Å². The lowest BCUT2D eigenvalue weighted by Crippen LogP contribution is -2.48. The molecule has 5 nitrogen and oxygen atoms in total. The van der Waals surface area contributed by atoms with Crippen molar-refractivity contribution in [3.63, 3.8) is 0 Å². The van der Waals surface area contributed by atoms with Crippen molar-refractivity contribution in [2.45, 2.75) is 32.7 Å². The summed E-state index contributed by atoms with van der Waals surface area (Å²) < 4.78 is 5.41. The summed E-state index contributed by atoms with van der Waals surface area (Å²) in [5.74, 6) is -0.522.